The highest BCUT2D eigenvalue weighted by atomic mass is 19.4. The molecule has 0 spiro atoms. The largest absolute Gasteiger partial charge is 0.480 e. The molecule has 2 N–H and O–H groups in total. The van der Waals surface area contributed by atoms with Crippen LogP contribution >= 0.6 is 0 Å². The minimum atomic E-state index is -4.66. The molecule has 35 heavy (non-hydrogen) atoms. The predicted molar refractivity (Wildman–Crippen MR) is 120 cm³/mol. The first kappa shape index (κ1) is 24.6. The number of ether oxygens (including phenoxy) is 1. The molecule has 2 unspecified atom stereocenters. The van der Waals surface area contributed by atoms with Gasteiger partial charge in [-0.05, 0) is 35.1 Å². The summed E-state index contributed by atoms with van der Waals surface area (Å²) in [6, 6.07) is 14.5. The van der Waals surface area contributed by atoms with Gasteiger partial charge in [0.05, 0.1) is 5.92 Å². The summed E-state index contributed by atoms with van der Waals surface area (Å²) in [6.45, 7) is -0.179. The standard InChI is InChI=1S/C25H25F3N2O5/c26-25(27,28)15(13-22(31)30-12-10-21(30)23(32)33)9-11-29-24(34)35-14-20-18-7-3-1-5-16(18)17-6-2-4-8-19(17)20/h1-8,15,20-21H,9-14H2,(H,29,34)(H,32,33). The summed E-state index contributed by atoms with van der Waals surface area (Å²) in [5.41, 5.74) is 4.15. The molecule has 0 aromatic heterocycles. The maximum Gasteiger partial charge on any atom is 0.407 e. The van der Waals surface area contributed by atoms with Crippen LogP contribution in [0, 0.1) is 5.92 Å². The van der Waals surface area contributed by atoms with Gasteiger partial charge < -0.3 is 20.1 Å². The third kappa shape index (κ3) is 5.26. The summed E-state index contributed by atoms with van der Waals surface area (Å²) in [4.78, 5) is 36.4. The first-order valence-corrected chi connectivity index (χ1v) is 11.3. The fraction of sp³-hybridized carbons (Fsp3) is 0.400. The Morgan fingerprint density at radius 2 is 1.66 bits per heavy atom. The second-order valence-electron chi connectivity index (χ2n) is 8.71. The van der Waals surface area contributed by atoms with E-state index in [0.717, 1.165) is 27.2 Å². The van der Waals surface area contributed by atoms with Crippen molar-refractivity contribution in [1.29, 1.82) is 0 Å². The van der Waals surface area contributed by atoms with Crippen LogP contribution in [0.15, 0.2) is 48.5 Å². The molecule has 1 aliphatic carbocycles. The fourth-order valence-corrected chi connectivity index (χ4v) is 4.65. The van der Waals surface area contributed by atoms with E-state index in [1.807, 2.05) is 48.5 Å². The Labute approximate surface area is 199 Å². The molecule has 2 atom stereocenters. The van der Waals surface area contributed by atoms with E-state index in [0.29, 0.717) is 0 Å². The van der Waals surface area contributed by atoms with Crippen molar-refractivity contribution >= 4 is 18.0 Å². The molecule has 4 rings (SSSR count). The highest BCUT2D eigenvalue weighted by Crippen LogP contribution is 2.44. The first-order chi connectivity index (χ1) is 16.7. The maximum atomic E-state index is 13.4. The maximum absolute atomic E-state index is 13.4. The molecule has 2 aromatic carbocycles. The zero-order chi connectivity index (χ0) is 25.2. The Kier molecular flexibility index (Phi) is 7.00. The zero-order valence-corrected chi connectivity index (χ0v) is 18.8. The van der Waals surface area contributed by atoms with Gasteiger partial charge in [-0.2, -0.15) is 13.2 Å². The van der Waals surface area contributed by atoms with E-state index in [1.54, 1.807) is 0 Å². The molecule has 1 aliphatic heterocycles. The summed E-state index contributed by atoms with van der Waals surface area (Å²) >= 11 is 0. The van der Waals surface area contributed by atoms with Gasteiger partial charge >= 0.3 is 18.2 Å². The highest BCUT2D eigenvalue weighted by Gasteiger charge is 2.44. The number of amides is 2. The Balaban J connectivity index is 1.29. The Bertz CT molecular complexity index is 1070. The van der Waals surface area contributed by atoms with Gasteiger partial charge in [-0.3, -0.25) is 4.79 Å². The number of halogens is 3. The third-order valence-corrected chi connectivity index (χ3v) is 6.61. The topological polar surface area (TPSA) is 95.9 Å². The molecular weight excluding hydrogens is 465 g/mol. The number of hydrogen-bond acceptors (Lipinski definition) is 4. The van der Waals surface area contributed by atoms with Gasteiger partial charge in [-0.1, -0.05) is 48.5 Å². The number of hydrogen-bond donors (Lipinski definition) is 2. The van der Waals surface area contributed by atoms with Crippen molar-refractivity contribution in [2.45, 2.75) is 37.4 Å². The van der Waals surface area contributed by atoms with Crippen molar-refractivity contribution in [3.05, 3.63) is 59.7 Å². The van der Waals surface area contributed by atoms with Crippen LogP contribution in [-0.2, 0) is 14.3 Å². The number of alkyl halides is 3. The van der Waals surface area contributed by atoms with Crippen molar-refractivity contribution < 1.29 is 37.4 Å². The number of rotatable bonds is 8. The van der Waals surface area contributed by atoms with Gasteiger partial charge in [-0.15, -0.1) is 0 Å². The van der Waals surface area contributed by atoms with Gasteiger partial charge in [0.25, 0.3) is 0 Å². The van der Waals surface area contributed by atoms with Crippen LogP contribution in [0.2, 0.25) is 0 Å². The summed E-state index contributed by atoms with van der Waals surface area (Å²) in [5, 5.41) is 11.3. The van der Waals surface area contributed by atoms with Crippen LogP contribution in [0.4, 0.5) is 18.0 Å². The van der Waals surface area contributed by atoms with Crippen molar-refractivity contribution in [3.8, 4) is 11.1 Å². The number of fused-ring (bicyclic) bond motifs is 3. The summed E-state index contributed by atoms with van der Waals surface area (Å²) in [5.74, 6) is -4.26. The first-order valence-electron chi connectivity index (χ1n) is 11.3. The summed E-state index contributed by atoms with van der Waals surface area (Å²) in [6.07, 6.45) is -6.67. The van der Waals surface area contributed by atoms with E-state index >= 15 is 0 Å². The summed E-state index contributed by atoms with van der Waals surface area (Å²) in [7, 11) is 0. The van der Waals surface area contributed by atoms with Crippen molar-refractivity contribution in [3.63, 3.8) is 0 Å². The zero-order valence-electron chi connectivity index (χ0n) is 18.8. The lowest BCUT2D eigenvalue weighted by molar-refractivity contribution is -0.185. The van der Waals surface area contributed by atoms with E-state index in [4.69, 9.17) is 9.84 Å². The van der Waals surface area contributed by atoms with Gasteiger partial charge in [0, 0.05) is 25.4 Å². The van der Waals surface area contributed by atoms with Crippen LogP contribution in [0.3, 0.4) is 0 Å². The number of aliphatic carboxylic acids is 1. The minimum absolute atomic E-state index is 0.0343. The molecule has 0 bridgehead atoms. The van der Waals surface area contributed by atoms with Gasteiger partial charge in [-0.25, -0.2) is 9.59 Å². The van der Waals surface area contributed by atoms with E-state index < -0.39 is 48.9 Å². The van der Waals surface area contributed by atoms with Gasteiger partial charge in [0.2, 0.25) is 5.91 Å². The van der Waals surface area contributed by atoms with E-state index in [9.17, 15) is 27.6 Å². The van der Waals surface area contributed by atoms with E-state index in [2.05, 4.69) is 5.32 Å². The van der Waals surface area contributed by atoms with Crippen molar-refractivity contribution in [1.82, 2.24) is 10.2 Å². The van der Waals surface area contributed by atoms with Crippen molar-refractivity contribution in [2.75, 3.05) is 19.7 Å². The van der Waals surface area contributed by atoms with Crippen LogP contribution in [-0.4, -0.2) is 59.9 Å². The Hall–Kier alpha value is -3.56. The number of carbonyl (C=O) groups excluding carboxylic acids is 2. The van der Waals surface area contributed by atoms with Crippen LogP contribution in [0.1, 0.15) is 36.3 Å². The smallest absolute Gasteiger partial charge is 0.407 e. The summed E-state index contributed by atoms with van der Waals surface area (Å²) < 4.78 is 45.7. The normalized spacial score (nSPS) is 17.7. The molecule has 0 saturated carbocycles. The van der Waals surface area contributed by atoms with Gasteiger partial charge in [0.1, 0.15) is 12.6 Å². The predicted octanol–water partition coefficient (Wildman–Crippen LogP) is 4.17. The Morgan fingerprint density at radius 1 is 1.06 bits per heavy atom. The number of benzene rings is 2. The lowest BCUT2D eigenvalue weighted by Gasteiger charge is -2.38. The SMILES string of the molecule is O=C(NCCC(CC(=O)N1CCC1C(=O)O)C(F)(F)F)OCC1c2ccccc2-c2ccccc21. The number of nitrogens with one attached hydrogen (secondary N) is 1. The van der Waals surface area contributed by atoms with Crippen LogP contribution < -0.4 is 5.32 Å². The lowest BCUT2D eigenvalue weighted by Crippen LogP contribution is -2.55. The van der Waals surface area contributed by atoms with Crippen molar-refractivity contribution in [2.24, 2.45) is 5.92 Å². The molecule has 10 heteroatoms. The molecule has 1 fully saturated rings. The van der Waals surface area contributed by atoms with Gasteiger partial charge in [0.15, 0.2) is 0 Å². The molecule has 186 valence electrons. The van der Waals surface area contributed by atoms with Crippen LogP contribution in [0.5, 0.6) is 0 Å². The number of alkyl carbamates (subject to hydrolysis) is 1. The van der Waals surface area contributed by atoms with E-state index in [1.165, 1.54) is 0 Å². The Morgan fingerprint density at radius 3 is 2.17 bits per heavy atom. The average Bonchev–Trinajstić information content (AvgIpc) is 3.09. The molecule has 2 amide bonds. The molecule has 1 saturated heterocycles. The number of carbonyl (C=O) groups is 3. The minimum Gasteiger partial charge on any atom is -0.480 e. The second kappa shape index (κ2) is 9.97. The number of nitrogens with zero attached hydrogens (tertiary/aromatic N) is 1. The number of likely N-dealkylation sites (tertiary alicyclic amines) is 1. The van der Waals surface area contributed by atoms with E-state index in [-0.39, 0.29) is 32.0 Å². The average molecular weight is 490 g/mol. The quantitative estimate of drug-likeness (QED) is 0.579. The second-order valence-corrected chi connectivity index (χ2v) is 8.71. The monoisotopic (exact) mass is 490 g/mol. The molecule has 2 aliphatic rings. The fourth-order valence-electron chi connectivity index (χ4n) is 4.65. The molecule has 1 heterocycles. The van der Waals surface area contributed by atoms with Crippen LogP contribution in [0.25, 0.3) is 11.1 Å². The molecular formula is C25H25F3N2O5. The lowest BCUT2D eigenvalue weighted by atomic mass is 9.96. The highest BCUT2D eigenvalue weighted by molar-refractivity contribution is 5.85. The number of carboxylic acids is 1. The number of carboxylic acid groups (broad SMARTS) is 1. The molecule has 7 nitrogen and oxygen atoms in total. The molecule has 0 radical (unpaired) electrons. The molecule has 2 aromatic rings. The third-order valence-electron chi connectivity index (χ3n) is 6.61.